The van der Waals surface area contributed by atoms with Gasteiger partial charge in [-0.15, -0.1) is 0 Å². The molecule has 16 heavy (non-hydrogen) atoms. The highest BCUT2D eigenvalue weighted by molar-refractivity contribution is 5.24. The molecule has 0 unspecified atom stereocenters. The van der Waals surface area contributed by atoms with Crippen LogP contribution < -0.4 is 5.73 Å². The maximum atomic E-state index is 10.2. The Morgan fingerprint density at radius 3 is 1.69 bits per heavy atom. The third kappa shape index (κ3) is 2.30. The van der Waals surface area contributed by atoms with Crippen molar-refractivity contribution in [3.05, 3.63) is 71.8 Å². The minimum Gasteiger partial charge on any atom is -0.382 e. The van der Waals surface area contributed by atoms with Crippen LogP contribution in [-0.2, 0) is 0 Å². The molecule has 0 aliphatic rings. The van der Waals surface area contributed by atoms with Crippen LogP contribution in [0.25, 0.3) is 0 Å². The van der Waals surface area contributed by atoms with Crippen molar-refractivity contribution in [2.45, 2.75) is 12.1 Å². The molecule has 2 aromatic rings. The largest absolute Gasteiger partial charge is 0.382 e. The lowest BCUT2D eigenvalue weighted by Crippen LogP contribution is -2.56. The van der Waals surface area contributed by atoms with E-state index in [9.17, 15) is 5.11 Å². The smallest absolute Gasteiger partial charge is 0.140 e. The second-order valence-corrected chi connectivity index (χ2v) is 3.87. The van der Waals surface area contributed by atoms with Gasteiger partial charge in [-0.3, -0.25) is 0 Å². The summed E-state index contributed by atoms with van der Waals surface area (Å²) < 4.78 is 0. The Morgan fingerprint density at radius 2 is 1.19 bits per heavy atom. The Hall–Kier alpha value is -1.64. The Balaban J connectivity index is 2.20. The molecule has 0 saturated heterocycles. The number of benzene rings is 2. The molecule has 82 valence electrons. The molecule has 0 aliphatic heterocycles. The van der Waals surface area contributed by atoms with E-state index in [0.717, 1.165) is 11.1 Å². The van der Waals surface area contributed by atoms with Gasteiger partial charge in [0.25, 0.3) is 0 Å². The SMILES string of the molecule is [NH3+][C@@H](c1ccccc1)[C@H](O)c1ccccc1. The summed E-state index contributed by atoms with van der Waals surface area (Å²) in [5.41, 5.74) is 6.00. The first kappa shape index (κ1) is 10.9. The molecule has 0 spiro atoms. The van der Waals surface area contributed by atoms with Crippen LogP contribution in [0.3, 0.4) is 0 Å². The monoisotopic (exact) mass is 214 g/mol. The van der Waals surface area contributed by atoms with Gasteiger partial charge in [-0.2, -0.15) is 0 Å². The molecule has 2 aromatic carbocycles. The van der Waals surface area contributed by atoms with Crippen LogP contribution in [0.4, 0.5) is 0 Å². The fraction of sp³-hybridized carbons (Fsp3) is 0.143. The van der Waals surface area contributed by atoms with E-state index in [2.05, 4.69) is 5.73 Å². The Morgan fingerprint density at radius 1 is 0.750 bits per heavy atom. The molecule has 0 aromatic heterocycles. The molecule has 0 saturated carbocycles. The molecular weight excluding hydrogens is 198 g/mol. The van der Waals surface area contributed by atoms with Crippen molar-refractivity contribution in [2.24, 2.45) is 0 Å². The van der Waals surface area contributed by atoms with Gasteiger partial charge in [0.1, 0.15) is 12.1 Å². The first-order chi connectivity index (χ1) is 7.79. The zero-order valence-electron chi connectivity index (χ0n) is 9.08. The molecule has 2 atom stereocenters. The molecule has 4 N–H and O–H groups in total. The van der Waals surface area contributed by atoms with Gasteiger partial charge >= 0.3 is 0 Å². The van der Waals surface area contributed by atoms with Gasteiger partial charge in [0.2, 0.25) is 0 Å². The van der Waals surface area contributed by atoms with Crippen molar-refractivity contribution >= 4 is 0 Å². The number of hydrogen-bond acceptors (Lipinski definition) is 1. The van der Waals surface area contributed by atoms with Gasteiger partial charge in [-0.1, -0.05) is 60.7 Å². The summed E-state index contributed by atoms with van der Waals surface area (Å²) in [4.78, 5) is 0. The predicted molar refractivity (Wildman–Crippen MR) is 63.5 cm³/mol. The first-order valence-electron chi connectivity index (χ1n) is 5.40. The summed E-state index contributed by atoms with van der Waals surface area (Å²) >= 11 is 0. The summed E-state index contributed by atoms with van der Waals surface area (Å²) in [6.07, 6.45) is -0.552. The van der Waals surface area contributed by atoms with E-state index in [1.54, 1.807) is 0 Å². The molecule has 2 heteroatoms. The van der Waals surface area contributed by atoms with Crippen LogP contribution in [-0.4, -0.2) is 5.11 Å². The van der Waals surface area contributed by atoms with Crippen molar-refractivity contribution in [1.29, 1.82) is 0 Å². The van der Waals surface area contributed by atoms with Crippen molar-refractivity contribution in [3.63, 3.8) is 0 Å². The maximum absolute atomic E-state index is 10.2. The van der Waals surface area contributed by atoms with Crippen molar-refractivity contribution in [2.75, 3.05) is 0 Å². The summed E-state index contributed by atoms with van der Waals surface area (Å²) in [5, 5.41) is 10.2. The zero-order valence-corrected chi connectivity index (χ0v) is 9.08. The minimum atomic E-state index is -0.552. The van der Waals surface area contributed by atoms with Crippen LogP contribution in [0, 0.1) is 0 Å². The minimum absolute atomic E-state index is 0.136. The fourth-order valence-electron chi connectivity index (χ4n) is 1.77. The second kappa shape index (κ2) is 4.92. The van der Waals surface area contributed by atoms with E-state index >= 15 is 0 Å². The molecular formula is C14H16NO+. The van der Waals surface area contributed by atoms with E-state index in [1.807, 2.05) is 60.7 Å². The molecule has 0 amide bonds. The number of hydrogen-bond donors (Lipinski definition) is 2. The lowest BCUT2D eigenvalue weighted by Gasteiger charge is -2.16. The number of aliphatic hydroxyl groups excluding tert-OH is 1. The Labute approximate surface area is 95.4 Å². The Bertz CT molecular complexity index is 384. The highest BCUT2D eigenvalue weighted by atomic mass is 16.3. The van der Waals surface area contributed by atoms with Gasteiger partial charge in [0.05, 0.1) is 0 Å². The van der Waals surface area contributed by atoms with Crippen LogP contribution in [0.1, 0.15) is 23.3 Å². The van der Waals surface area contributed by atoms with Crippen LogP contribution in [0.5, 0.6) is 0 Å². The van der Waals surface area contributed by atoms with Gasteiger partial charge in [0, 0.05) is 5.56 Å². The van der Waals surface area contributed by atoms with Gasteiger partial charge in [-0.25, -0.2) is 0 Å². The number of aliphatic hydroxyl groups is 1. The van der Waals surface area contributed by atoms with Crippen molar-refractivity contribution < 1.29 is 10.8 Å². The molecule has 0 bridgehead atoms. The van der Waals surface area contributed by atoms with Gasteiger partial charge < -0.3 is 10.8 Å². The highest BCUT2D eigenvalue weighted by Crippen LogP contribution is 2.24. The van der Waals surface area contributed by atoms with Gasteiger partial charge in [0.15, 0.2) is 0 Å². The summed E-state index contributed by atoms with van der Waals surface area (Å²) in [5.74, 6) is 0. The molecule has 2 nitrogen and oxygen atoms in total. The zero-order chi connectivity index (χ0) is 11.4. The topological polar surface area (TPSA) is 47.9 Å². The predicted octanol–water partition coefficient (Wildman–Crippen LogP) is 1.70. The summed E-state index contributed by atoms with van der Waals surface area (Å²) in [6, 6.07) is 19.4. The third-order valence-electron chi connectivity index (χ3n) is 2.75. The second-order valence-electron chi connectivity index (χ2n) is 3.87. The lowest BCUT2D eigenvalue weighted by atomic mass is 9.97. The van der Waals surface area contributed by atoms with Gasteiger partial charge in [-0.05, 0) is 5.56 Å². The van der Waals surface area contributed by atoms with Crippen LogP contribution in [0.15, 0.2) is 60.7 Å². The average molecular weight is 214 g/mol. The quantitative estimate of drug-likeness (QED) is 0.802. The van der Waals surface area contributed by atoms with Crippen LogP contribution in [0.2, 0.25) is 0 Å². The first-order valence-corrected chi connectivity index (χ1v) is 5.40. The van der Waals surface area contributed by atoms with E-state index in [0.29, 0.717) is 0 Å². The van der Waals surface area contributed by atoms with E-state index in [1.165, 1.54) is 0 Å². The number of rotatable bonds is 3. The third-order valence-corrected chi connectivity index (χ3v) is 2.75. The van der Waals surface area contributed by atoms with Crippen LogP contribution >= 0.6 is 0 Å². The maximum Gasteiger partial charge on any atom is 0.140 e. The summed E-state index contributed by atoms with van der Waals surface area (Å²) in [6.45, 7) is 0. The molecule has 0 heterocycles. The highest BCUT2D eigenvalue weighted by Gasteiger charge is 2.21. The molecule has 2 rings (SSSR count). The van der Waals surface area contributed by atoms with E-state index < -0.39 is 6.10 Å². The van der Waals surface area contributed by atoms with E-state index in [-0.39, 0.29) is 6.04 Å². The van der Waals surface area contributed by atoms with E-state index in [4.69, 9.17) is 0 Å². The normalized spacial score (nSPS) is 14.4. The molecule has 0 fully saturated rings. The number of quaternary nitrogens is 1. The van der Waals surface area contributed by atoms with Crippen molar-refractivity contribution in [1.82, 2.24) is 0 Å². The standard InChI is InChI=1S/C14H15NO/c15-13(11-7-3-1-4-8-11)14(16)12-9-5-2-6-10-12/h1-10,13-14,16H,15H2/p+1/t13-,14+/m0/s1. The summed E-state index contributed by atoms with van der Waals surface area (Å²) in [7, 11) is 0. The Kier molecular flexibility index (Phi) is 3.34. The average Bonchev–Trinajstić information content (AvgIpc) is 2.39. The molecule has 0 aliphatic carbocycles. The fourth-order valence-corrected chi connectivity index (χ4v) is 1.77. The lowest BCUT2D eigenvalue weighted by molar-refractivity contribution is -0.446. The molecule has 0 radical (unpaired) electrons. The van der Waals surface area contributed by atoms with Crippen molar-refractivity contribution in [3.8, 4) is 0 Å².